The molecule has 0 bridgehead atoms. The zero-order chi connectivity index (χ0) is 12.4. The molecule has 2 aromatic rings. The van der Waals surface area contributed by atoms with Crippen LogP contribution in [-0.4, -0.2) is 29.4 Å². The molecule has 0 aliphatic heterocycles. The highest BCUT2D eigenvalue weighted by Gasteiger charge is 2.14. The van der Waals surface area contributed by atoms with Gasteiger partial charge in [0.1, 0.15) is 0 Å². The molecule has 1 aromatic carbocycles. The highest BCUT2D eigenvalue weighted by Crippen LogP contribution is 2.25. The maximum absolute atomic E-state index is 12.1. The second-order valence-corrected chi connectivity index (χ2v) is 5.38. The topological polar surface area (TPSA) is 46.3 Å². The van der Waals surface area contributed by atoms with E-state index >= 15 is 0 Å². The zero-order valence-electron chi connectivity index (χ0n) is 9.34. The highest BCUT2D eigenvalue weighted by atomic mass is 32.1. The average Bonchev–Trinajstić information content (AvgIpc) is 2.70. The van der Waals surface area contributed by atoms with Crippen molar-refractivity contribution < 1.29 is 4.79 Å². The summed E-state index contributed by atoms with van der Waals surface area (Å²) in [6, 6.07) is 9.83. The molecule has 0 fully saturated rings. The van der Waals surface area contributed by atoms with E-state index in [-0.39, 0.29) is 5.91 Å². The molecule has 17 heavy (non-hydrogen) atoms. The quantitative estimate of drug-likeness (QED) is 0.865. The molecule has 88 valence electrons. The third-order valence-electron chi connectivity index (χ3n) is 2.38. The van der Waals surface area contributed by atoms with Gasteiger partial charge in [-0.05, 0) is 17.5 Å². The highest BCUT2D eigenvalue weighted by molar-refractivity contribution is 7.80. The molecule has 5 heteroatoms. The summed E-state index contributed by atoms with van der Waals surface area (Å²) in [6.45, 7) is 0.308. The van der Waals surface area contributed by atoms with Gasteiger partial charge in [-0.3, -0.25) is 4.79 Å². The van der Waals surface area contributed by atoms with Crippen molar-refractivity contribution in [2.45, 2.75) is 0 Å². The Morgan fingerprint density at radius 1 is 1.47 bits per heavy atom. The number of carbonyl (C=O) groups excluding carboxylic acids is 1. The van der Waals surface area contributed by atoms with Crippen LogP contribution >= 0.6 is 23.6 Å². The molecule has 1 aromatic heterocycles. The predicted octanol–water partition coefficient (Wildman–Crippen LogP) is 2.26. The lowest BCUT2D eigenvalue weighted by molar-refractivity contribution is 0.0820. The average molecular weight is 264 g/mol. The Morgan fingerprint density at radius 3 is 2.82 bits per heavy atom. The Bertz CT molecular complexity index is 544. The normalized spacial score (nSPS) is 10.4. The van der Waals surface area contributed by atoms with Crippen molar-refractivity contribution in [3.63, 3.8) is 0 Å². The first-order valence-corrected chi connectivity index (χ1v) is 6.33. The Morgan fingerprint density at radius 2 is 2.18 bits per heavy atom. The number of thiocarbonyl (C=S) groups is 1. The summed E-state index contributed by atoms with van der Waals surface area (Å²) in [7, 11) is 1.70. The maximum Gasteiger partial charge on any atom is 0.264 e. The van der Waals surface area contributed by atoms with Gasteiger partial charge >= 0.3 is 0 Å². The number of hydrogen-bond acceptors (Lipinski definition) is 3. The van der Waals surface area contributed by atoms with Crippen LogP contribution in [0.5, 0.6) is 0 Å². The number of carbonyl (C=O) groups is 1. The van der Waals surface area contributed by atoms with E-state index in [9.17, 15) is 4.79 Å². The minimum absolute atomic E-state index is 0.0426. The van der Waals surface area contributed by atoms with E-state index in [1.807, 2.05) is 30.3 Å². The minimum atomic E-state index is -0.0426. The summed E-state index contributed by atoms with van der Waals surface area (Å²) >= 11 is 6.28. The van der Waals surface area contributed by atoms with Gasteiger partial charge in [0, 0.05) is 11.7 Å². The Kier molecular flexibility index (Phi) is 3.40. The first kappa shape index (κ1) is 12.0. The molecule has 3 nitrogen and oxygen atoms in total. The summed E-state index contributed by atoms with van der Waals surface area (Å²) in [5.41, 5.74) is 5.43. The van der Waals surface area contributed by atoms with Crippen LogP contribution in [-0.2, 0) is 0 Å². The molecule has 0 aliphatic carbocycles. The van der Waals surface area contributed by atoms with Crippen LogP contribution in [0.3, 0.4) is 0 Å². The third kappa shape index (κ3) is 2.62. The van der Waals surface area contributed by atoms with Crippen molar-refractivity contribution in [2.75, 3.05) is 13.6 Å². The molecule has 0 saturated carbocycles. The summed E-state index contributed by atoms with van der Waals surface area (Å²) in [4.78, 5) is 14.6. The van der Waals surface area contributed by atoms with Crippen molar-refractivity contribution in [3.8, 4) is 0 Å². The maximum atomic E-state index is 12.1. The molecule has 1 heterocycles. The fourth-order valence-corrected chi connectivity index (χ4v) is 2.83. The summed E-state index contributed by atoms with van der Waals surface area (Å²) in [5.74, 6) is -0.0426. The first-order chi connectivity index (χ1) is 8.08. The number of nitrogens with zero attached hydrogens (tertiary/aromatic N) is 1. The van der Waals surface area contributed by atoms with Crippen molar-refractivity contribution in [2.24, 2.45) is 5.73 Å². The number of rotatable bonds is 3. The molecule has 0 aliphatic rings. The fraction of sp³-hybridized carbons (Fsp3) is 0.167. The van der Waals surface area contributed by atoms with Gasteiger partial charge in [-0.1, -0.05) is 30.4 Å². The standard InChI is InChI=1S/C12H12N2OS2/c1-14(7-11(13)16)12(15)10-6-8-4-2-3-5-9(8)17-10/h2-6H,7H2,1H3,(H2,13,16). The van der Waals surface area contributed by atoms with E-state index in [1.165, 1.54) is 16.2 Å². The lowest BCUT2D eigenvalue weighted by Crippen LogP contribution is -2.33. The summed E-state index contributed by atoms with van der Waals surface area (Å²) in [6.07, 6.45) is 0. The van der Waals surface area contributed by atoms with Crippen molar-refractivity contribution >= 4 is 44.5 Å². The molecule has 1 amide bonds. The van der Waals surface area contributed by atoms with Crippen molar-refractivity contribution in [1.82, 2.24) is 4.90 Å². The van der Waals surface area contributed by atoms with Gasteiger partial charge < -0.3 is 10.6 Å². The summed E-state index contributed by atoms with van der Waals surface area (Å²) < 4.78 is 1.11. The van der Waals surface area contributed by atoms with Crippen molar-refractivity contribution in [1.29, 1.82) is 0 Å². The SMILES string of the molecule is CN(CC(N)=S)C(=O)c1cc2ccccc2s1. The molecular weight excluding hydrogens is 252 g/mol. The number of amides is 1. The van der Waals surface area contributed by atoms with Crippen LogP contribution in [0.15, 0.2) is 30.3 Å². The van der Waals surface area contributed by atoms with Gasteiger partial charge in [-0.15, -0.1) is 11.3 Å². The van der Waals surface area contributed by atoms with Crippen LogP contribution < -0.4 is 5.73 Å². The summed E-state index contributed by atoms with van der Waals surface area (Å²) in [5, 5.41) is 1.09. The Labute approximate surface area is 109 Å². The molecule has 0 unspecified atom stereocenters. The number of thiophene rings is 1. The smallest absolute Gasteiger partial charge is 0.264 e. The zero-order valence-corrected chi connectivity index (χ0v) is 11.0. The van der Waals surface area contributed by atoms with E-state index in [1.54, 1.807) is 7.05 Å². The molecule has 0 saturated heterocycles. The van der Waals surface area contributed by atoms with E-state index < -0.39 is 0 Å². The molecule has 2 N–H and O–H groups in total. The van der Waals surface area contributed by atoms with Crippen LogP contribution in [0.1, 0.15) is 9.67 Å². The van der Waals surface area contributed by atoms with Crippen molar-refractivity contribution in [3.05, 3.63) is 35.2 Å². The van der Waals surface area contributed by atoms with Gasteiger partial charge in [0.15, 0.2) is 0 Å². The fourth-order valence-electron chi connectivity index (χ4n) is 1.58. The molecule has 2 rings (SSSR count). The minimum Gasteiger partial charge on any atom is -0.392 e. The van der Waals surface area contributed by atoms with Crippen LogP contribution in [0, 0.1) is 0 Å². The number of nitrogens with two attached hydrogens (primary N) is 1. The van der Waals surface area contributed by atoms with Crippen LogP contribution in [0.2, 0.25) is 0 Å². The number of hydrogen-bond donors (Lipinski definition) is 1. The van der Waals surface area contributed by atoms with E-state index in [4.69, 9.17) is 18.0 Å². The van der Waals surface area contributed by atoms with E-state index in [0.29, 0.717) is 16.4 Å². The van der Waals surface area contributed by atoms with Crippen LogP contribution in [0.25, 0.3) is 10.1 Å². The Balaban J connectivity index is 2.27. The molecular formula is C12H12N2OS2. The third-order valence-corrected chi connectivity index (χ3v) is 3.61. The second-order valence-electron chi connectivity index (χ2n) is 3.78. The van der Waals surface area contributed by atoms with Gasteiger partial charge in [-0.2, -0.15) is 0 Å². The van der Waals surface area contributed by atoms with Gasteiger partial charge in [0.05, 0.1) is 16.4 Å². The Hall–Kier alpha value is -1.46. The molecule has 0 spiro atoms. The first-order valence-electron chi connectivity index (χ1n) is 5.10. The number of fused-ring (bicyclic) bond motifs is 1. The van der Waals surface area contributed by atoms with Gasteiger partial charge in [0.2, 0.25) is 0 Å². The number of benzene rings is 1. The lowest BCUT2D eigenvalue weighted by atomic mass is 10.2. The van der Waals surface area contributed by atoms with Gasteiger partial charge in [-0.25, -0.2) is 0 Å². The van der Waals surface area contributed by atoms with Gasteiger partial charge in [0.25, 0.3) is 5.91 Å². The lowest BCUT2D eigenvalue weighted by Gasteiger charge is -2.14. The number of likely N-dealkylation sites (N-methyl/N-ethyl adjacent to an activating group) is 1. The van der Waals surface area contributed by atoms with Crippen LogP contribution in [0.4, 0.5) is 0 Å². The van der Waals surface area contributed by atoms with E-state index in [2.05, 4.69) is 0 Å². The second kappa shape index (κ2) is 4.81. The predicted molar refractivity (Wildman–Crippen MR) is 75.6 cm³/mol. The molecule has 0 atom stereocenters. The monoisotopic (exact) mass is 264 g/mol. The molecule has 0 radical (unpaired) electrons. The largest absolute Gasteiger partial charge is 0.392 e. The van der Waals surface area contributed by atoms with E-state index in [0.717, 1.165) is 10.1 Å².